The lowest BCUT2D eigenvalue weighted by Gasteiger charge is -2.17. The van der Waals surface area contributed by atoms with Crippen molar-refractivity contribution in [2.24, 2.45) is 0 Å². The summed E-state index contributed by atoms with van der Waals surface area (Å²) in [4.78, 5) is 12.9. The van der Waals surface area contributed by atoms with Gasteiger partial charge in [0.05, 0.1) is 11.4 Å². The highest BCUT2D eigenvalue weighted by Gasteiger charge is 2.28. The number of carbonyl (C=O) groups excluding carboxylic acids is 1. The monoisotopic (exact) mass is 392 g/mol. The molecule has 0 unspecified atom stereocenters. The van der Waals surface area contributed by atoms with Gasteiger partial charge in [0, 0.05) is 23.2 Å². The molecule has 3 aromatic rings. The maximum atomic E-state index is 12.9. The number of hydrogen-bond donors (Lipinski definition) is 1. The fourth-order valence-electron chi connectivity index (χ4n) is 4.28. The first-order valence-electron chi connectivity index (χ1n) is 9.48. The first kappa shape index (κ1) is 17.3. The van der Waals surface area contributed by atoms with Crippen LogP contribution in [0.5, 0.6) is 0 Å². The molecule has 0 saturated carbocycles. The number of sulfonamides is 1. The lowest BCUT2D eigenvalue weighted by atomic mass is 10.0. The summed E-state index contributed by atoms with van der Waals surface area (Å²) in [6.07, 6.45) is 2.69. The van der Waals surface area contributed by atoms with Crippen molar-refractivity contribution < 1.29 is 13.2 Å². The third-order valence-corrected chi connectivity index (χ3v) is 7.49. The number of anilines is 2. The Balaban J connectivity index is 1.48. The lowest BCUT2D eigenvalue weighted by Crippen LogP contribution is -2.25. The molecule has 1 aliphatic carbocycles. The van der Waals surface area contributed by atoms with Gasteiger partial charge in [-0.15, -0.1) is 0 Å². The molecule has 5 rings (SSSR count). The van der Waals surface area contributed by atoms with Crippen molar-refractivity contribution in [1.29, 1.82) is 0 Å². The molecule has 28 heavy (non-hydrogen) atoms. The molecule has 1 aliphatic heterocycles. The van der Waals surface area contributed by atoms with Crippen LogP contribution < -0.4 is 9.62 Å². The van der Waals surface area contributed by atoms with E-state index in [9.17, 15) is 13.2 Å². The predicted molar refractivity (Wildman–Crippen MR) is 112 cm³/mol. The van der Waals surface area contributed by atoms with Gasteiger partial charge in [-0.05, 0) is 60.0 Å². The normalized spacial score (nSPS) is 17.2. The molecule has 142 valence electrons. The van der Waals surface area contributed by atoms with Crippen molar-refractivity contribution in [3.8, 4) is 0 Å². The van der Waals surface area contributed by atoms with E-state index in [0.29, 0.717) is 24.2 Å². The number of benzene rings is 3. The minimum absolute atomic E-state index is 0.157. The minimum atomic E-state index is -3.27. The van der Waals surface area contributed by atoms with Crippen molar-refractivity contribution in [3.63, 3.8) is 0 Å². The molecule has 0 radical (unpaired) electrons. The molecule has 3 aromatic carbocycles. The molecular weight excluding hydrogens is 372 g/mol. The van der Waals surface area contributed by atoms with Crippen LogP contribution in [-0.4, -0.2) is 26.6 Å². The third kappa shape index (κ3) is 2.76. The molecule has 1 heterocycles. The zero-order valence-corrected chi connectivity index (χ0v) is 16.1. The molecule has 0 spiro atoms. The standard InChI is InChI=1S/C22H20N2O3S/c25-22(17-5-1-6-18(14-17)24-12-3-13-28(24,26)27)23-20-11-10-16-9-8-15-4-2-7-19(20)21(15)16/h1-2,4-7,10-11,14H,3,8-9,12-13H2,(H,23,25). The van der Waals surface area contributed by atoms with Gasteiger partial charge in [0.2, 0.25) is 10.0 Å². The van der Waals surface area contributed by atoms with E-state index in [0.717, 1.165) is 23.9 Å². The molecule has 1 amide bonds. The number of aryl methyl sites for hydroxylation is 2. The molecule has 1 fully saturated rings. The Morgan fingerprint density at radius 1 is 0.964 bits per heavy atom. The average molecular weight is 392 g/mol. The topological polar surface area (TPSA) is 66.5 Å². The molecular formula is C22H20N2O3S. The van der Waals surface area contributed by atoms with E-state index < -0.39 is 10.0 Å². The fourth-order valence-corrected chi connectivity index (χ4v) is 5.84. The van der Waals surface area contributed by atoms with E-state index in [-0.39, 0.29) is 11.7 Å². The Bertz CT molecular complexity index is 1210. The second-order valence-electron chi connectivity index (χ2n) is 7.36. The molecule has 0 aromatic heterocycles. The van der Waals surface area contributed by atoms with Crippen LogP contribution in [0.2, 0.25) is 0 Å². The van der Waals surface area contributed by atoms with Crippen molar-refractivity contribution in [3.05, 3.63) is 71.3 Å². The number of rotatable bonds is 3. The van der Waals surface area contributed by atoms with Gasteiger partial charge in [0.25, 0.3) is 5.91 Å². The summed E-state index contributed by atoms with van der Waals surface area (Å²) in [7, 11) is -3.27. The first-order chi connectivity index (χ1) is 13.5. The molecule has 0 bridgehead atoms. The average Bonchev–Trinajstić information content (AvgIpc) is 3.28. The van der Waals surface area contributed by atoms with E-state index in [2.05, 4.69) is 17.4 Å². The fraction of sp³-hybridized carbons (Fsp3) is 0.227. The van der Waals surface area contributed by atoms with E-state index in [1.54, 1.807) is 24.3 Å². The van der Waals surface area contributed by atoms with Gasteiger partial charge in [-0.2, -0.15) is 0 Å². The summed E-state index contributed by atoms with van der Waals surface area (Å²) in [5, 5.41) is 5.32. The predicted octanol–water partition coefficient (Wildman–Crippen LogP) is 3.73. The Hall–Kier alpha value is -2.86. The van der Waals surface area contributed by atoms with Crippen LogP contribution in [0.15, 0.2) is 54.6 Å². The van der Waals surface area contributed by atoms with E-state index in [4.69, 9.17) is 0 Å². The van der Waals surface area contributed by atoms with Crippen LogP contribution in [0.25, 0.3) is 10.8 Å². The Morgan fingerprint density at radius 3 is 2.54 bits per heavy atom. The molecule has 1 N–H and O–H groups in total. The summed E-state index contributed by atoms with van der Waals surface area (Å²) in [5.41, 5.74) is 4.43. The minimum Gasteiger partial charge on any atom is -0.321 e. The zero-order valence-electron chi connectivity index (χ0n) is 15.3. The van der Waals surface area contributed by atoms with E-state index in [1.807, 2.05) is 18.2 Å². The Morgan fingerprint density at radius 2 is 1.75 bits per heavy atom. The largest absolute Gasteiger partial charge is 0.321 e. The number of nitrogens with one attached hydrogen (secondary N) is 1. The first-order valence-corrected chi connectivity index (χ1v) is 11.1. The third-order valence-electron chi connectivity index (χ3n) is 5.62. The maximum Gasteiger partial charge on any atom is 0.255 e. The number of carbonyl (C=O) groups is 1. The SMILES string of the molecule is O=C(Nc1ccc2c3c(cccc13)CC2)c1cccc(N2CCCS2(=O)=O)c1. The second kappa shape index (κ2) is 6.34. The van der Waals surface area contributed by atoms with Crippen LogP contribution in [-0.2, 0) is 22.9 Å². The van der Waals surface area contributed by atoms with Gasteiger partial charge in [-0.1, -0.05) is 30.3 Å². The molecule has 2 aliphatic rings. The van der Waals surface area contributed by atoms with Gasteiger partial charge in [0.15, 0.2) is 0 Å². The van der Waals surface area contributed by atoms with E-state index in [1.165, 1.54) is 20.8 Å². The highest BCUT2D eigenvalue weighted by Crippen LogP contribution is 2.35. The Labute approximate surface area is 164 Å². The highest BCUT2D eigenvalue weighted by molar-refractivity contribution is 7.93. The van der Waals surface area contributed by atoms with E-state index >= 15 is 0 Å². The van der Waals surface area contributed by atoms with Crippen molar-refractivity contribution >= 4 is 38.1 Å². The van der Waals surface area contributed by atoms with Gasteiger partial charge in [0.1, 0.15) is 0 Å². The van der Waals surface area contributed by atoms with Crippen LogP contribution in [0.1, 0.15) is 27.9 Å². The highest BCUT2D eigenvalue weighted by atomic mass is 32.2. The van der Waals surface area contributed by atoms with Crippen LogP contribution >= 0.6 is 0 Å². The van der Waals surface area contributed by atoms with Gasteiger partial charge in [-0.25, -0.2) is 8.42 Å². The van der Waals surface area contributed by atoms with Gasteiger partial charge < -0.3 is 5.32 Å². The maximum absolute atomic E-state index is 12.9. The summed E-state index contributed by atoms with van der Waals surface area (Å²) in [6, 6.07) is 17.1. The molecule has 6 heteroatoms. The number of hydrogen-bond acceptors (Lipinski definition) is 3. The number of amides is 1. The summed E-state index contributed by atoms with van der Waals surface area (Å²) in [6.45, 7) is 0.461. The zero-order chi connectivity index (χ0) is 19.3. The summed E-state index contributed by atoms with van der Waals surface area (Å²) < 4.78 is 25.7. The summed E-state index contributed by atoms with van der Waals surface area (Å²) in [5.74, 6) is -0.0819. The summed E-state index contributed by atoms with van der Waals surface area (Å²) >= 11 is 0. The van der Waals surface area contributed by atoms with Gasteiger partial charge >= 0.3 is 0 Å². The van der Waals surface area contributed by atoms with Crippen molar-refractivity contribution in [2.75, 3.05) is 21.9 Å². The van der Waals surface area contributed by atoms with Crippen molar-refractivity contribution in [2.45, 2.75) is 19.3 Å². The second-order valence-corrected chi connectivity index (χ2v) is 9.37. The van der Waals surface area contributed by atoms with Crippen molar-refractivity contribution in [1.82, 2.24) is 0 Å². The van der Waals surface area contributed by atoms with Crippen LogP contribution in [0, 0.1) is 0 Å². The van der Waals surface area contributed by atoms with Gasteiger partial charge in [-0.3, -0.25) is 9.10 Å². The smallest absolute Gasteiger partial charge is 0.255 e. The number of nitrogens with zero attached hydrogens (tertiary/aromatic N) is 1. The molecule has 1 saturated heterocycles. The molecule has 5 nitrogen and oxygen atoms in total. The Kier molecular flexibility index (Phi) is 3.91. The lowest BCUT2D eigenvalue weighted by molar-refractivity contribution is 0.102. The van der Waals surface area contributed by atoms with Crippen LogP contribution in [0.3, 0.4) is 0 Å². The quantitative estimate of drug-likeness (QED) is 0.739. The van der Waals surface area contributed by atoms with Crippen LogP contribution in [0.4, 0.5) is 11.4 Å². The molecule has 0 atom stereocenters.